The highest BCUT2D eigenvalue weighted by molar-refractivity contribution is 7.99. The van der Waals surface area contributed by atoms with Crippen molar-refractivity contribution < 1.29 is 19.1 Å². The lowest BCUT2D eigenvalue weighted by atomic mass is 10.2. The fraction of sp³-hybridized carbons (Fsp3) is 0.405. The van der Waals surface area contributed by atoms with Crippen LogP contribution in [-0.2, 0) is 15.9 Å². The average Bonchev–Trinajstić information content (AvgIpc) is 3.06. The summed E-state index contributed by atoms with van der Waals surface area (Å²) in [5.41, 5.74) is 17.2. The first kappa shape index (κ1) is 44.8. The number of nitrogen functional groups attached to an aromatic ring is 2. The predicted molar refractivity (Wildman–Crippen MR) is 214 cm³/mol. The zero-order valence-corrected chi connectivity index (χ0v) is 34.1. The minimum absolute atomic E-state index is 0.260. The molecule has 288 valence electrons. The van der Waals surface area contributed by atoms with Gasteiger partial charge in [-0.3, -0.25) is 0 Å². The zero-order valence-electron chi connectivity index (χ0n) is 31.7. The van der Waals surface area contributed by atoms with E-state index in [1.165, 1.54) is 16.7 Å². The SMILES string of the molecule is CN(CCCc1nccc(Sc2ccc(N)cc2)n1)C(=O)OC(C)(C)C.CN(CCN)C(=O)OC(C)(C)C.Nc1ccc(Sc2ccnc(Cl)n2)cc1. The van der Waals surface area contributed by atoms with Gasteiger partial charge in [-0.2, -0.15) is 0 Å². The van der Waals surface area contributed by atoms with Gasteiger partial charge in [0.25, 0.3) is 0 Å². The molecule has 4 aromatic rings. The molecule has 2 heterocycles. The van der Waals surface area contributed by atoms with Gasteiger partial charge in [-0.05, 0) is 120 Å². The Balaban J connectivity index is 0.000000304. The number of ether oxygens (including phenoxy) is 2. The van der Waals surface area contributed by atoms with E-state index in [4.69, 9.17) is 38.3 Å². The van der Waals surface area contributed by atoms with Crippen LogP contribution in [0.4, 0.5) is 21.0 Å². The Labute approximate surface area is 326 Å². The maximum absolute atomic E-state index is 11.9. The predicted octanol–water partition coefficient (Wildman–Crippen LogP) is 7.68. The number of halogens is 1. The Morgan fingerprint density at radius 2 is 1.13 bits per heavy atom. The van der Waals surface area contributed by atoms with Crippen molar-refractivity contribution in [1.82, 2.24) is 29.7 Å². The van der Waals surface area contributed by atoms with E-state index in [1.54, 1.807) is 43.2 Å². The number of nitrogens with two attached hydrogens (primary N) is 3. The molecule has 16 heteroatoms. The summed E-state index contributed by atoms with van der Waals surface area (Å²) in [5.74, 6) is 0.767. The largest absolute Gasteiger partial charge is 0.444 e. The number of benzene rings is 2. The molecule has 0 atom stereocenters. The average molecular weight is 786 g/mol. The molecule has 0 radical (unpaired) electrons. The summed E-state index contributed by atoms with van der Waals surface area (Å²) in [6.07, 6.45) is 4.22. The number of hydrogen-bond donors (Lipinski definition) is 3. The molecule has 53 heavy (non-hydrogen) atoms. The van der Waals surface area contributed by atoms with Crippen molar-refractivity contribution in [3.8, 4) is 0 Å². The summed E-state index contributed by atoms with van der Waals surface area (Å²) in [6, 6.07) is 19.0. The van der Waals surface area contributed by atoms with Gasteiger partial charge in [0.15, 0.2) is 0 Å². The van der Waals surface area contributed by atoms with E-state index >= 15 is 0 Å². The van der Waals surface area contributed by atoms with Gasteiger partial charge >= 0.3 is 12.2 Å². The fourth-order valence-corrected chi connectivity index (χ4v) is 5.54. The van der Waals surface area contributed by atoms with Crippen LogP contribution in [0.1, 0.15) is 53.8 Å². The van der Waals surface area contributed by atoms with Crippen LogP contribution in [0.2, 0.25) is 5.28 Å². The first-order valence-corrected chi connectivity index (χ1v) is 18.8. The Morgan fingerprint density at radius 3 is 1.57 bits per heavy atom. The van der Waals surface area contributed by atoms with E-state index in [2.05, 4.69) is 19.9 Å². The Morgan fingerprint density at radius 1 is 0.698 bits per heavy atom. The number of amides is 2. The number of likely N-dealkylation sites (N-methyl/N-ethyl adjacent to an activating group) is 1. The topological polar surface area (TPSA) is 189 Å². The smallest absolute Gasteiger partial charge is 0.410 e. The second-order valence-electron chi connectivity index (χ2n) is 13.5. The van der Waals surface area contributed by atoms with E-state index in [9.17, 15) is 9.59 Å². The molecule has 0 bridgehead atoms. The maximum atomic E-state index is 11.9. The lowest BCUT2D eigenvalue weighted by Crippen LogP contribution is -2.36. The van der Waals surface area contributed by atoms with Crippen molar-refractivity contribution in [2.45, 2.75) is 85.4 Å². The molecule has 2 aromatic carbocycles. The molecule has 4 rings (SSSR count). The summed E-state index contributed by atoms with van der Waals surface area (Å²) in [4.78, 5) is 45.1. The van der Waals surface area contributed by atoms with Gasteiger partial charge in [0.2, 0.25) is 5.28 Å². The maximum Gasteiger partial charge on any atom is 0.410 e. The van der Waals surface area contributed by atoms with E-state index in [-0.39, 0.29) is 17.5 Å². The highest BCUT2D eigenvalue weighted by Crippen LogP contribution is 2.27. The van der Waals surface area contributed by atoms with Crippen molar-refractivity contribution in [1.29, 1.82) is 0 Å². The number of aromatic nitrogens is 4. The quantitative estimate of drug-likeness (QED) is 0.0807. The third-order valence-electron chi connectivity index (χ3n) is 6.25. The third-order valence-corrected chi connectivity index (χ3v) is 8.33. The molecule has 0 unspecified atom stereocenters. The number of nitrogens with zero attached hydrogens (tertiary/aromatic N) is 6. The first-order valence-electron chi connectivity index (χ1n) is 16.8. The standard InChI is InChI=1S/C19H26N4O2S.C10H8ClN3S.C8H18N2O2/c1-19(2,3)25-18(24)23(4)13-5-6-16-21-12-11-17(22-16)26-15-9-7-14(20)8-10-15;11-10-13-6-5-9(14-10)15-8-3-1-7(12)2-4-8;1-8(2,3)12-7(11)10(4)6-5-9/h7-12H,5-6,13,20H2,1-4H3;1-6H,12H2;5-6,9H2,1-4H3. The number of rotatable bonds is 10. The molecule has 0 aliphatic carbocycles. The molecular weight excluding hydrogens is 734 g/mol. The summed E-state index contributed by atoms with van der Waals surface area (Å²) in [6.45, 7) is 12.6. The van der Waals surface area contributed by atoms with Crippen molar-refractivity contribution in [2.75, 3.05) is 45.2 Å². The molecule has 6 N–H and O–H groups in total. The first-order chi connectivity index (χ1) is 24.8. The molecule has 0 aliphatic heterocycles. The Hall–Kier alpha value is -4.31. The summed E-state index contributed by atoms with van der Waals surface area (Å²) in [5, 5.41) is 1.97. The molecular formula is C37H52ClN9O4S2. The molecule has 0 saturated heterocycles. The second-order valence-corrected chi connectivity index (χ2v) is 16.0. The molecule has 2 amide bonds. The van der Waals surface area contributed by atoms with Crippen molar-refractivity contribution in [3.05, 3.63) is 84.2 Å². The van der Waals surface area contributed by atoms with Gasteiger partial charge < -0.3 is 36.5 Å². The fourth-order valence-electron chi connectivity index (χ4n) is 3.78. The minimum atomic E-state index is -0.484. The van der Waals surface area contributed by atoms with Crippen molar-refractivity contribution in [2.24, 2.45) is 5.73 Å². The lowest BCUT2D eigenvalue weighted by Gasteiger charge is -2.24. The van der Waals surface area contributed by atoms with Crippen LogP contribution >= 0.6 is 35.1 Å². The van der Waals surface area contributed by atoms with Gasteiger partial charge in [0, 0.05) is 73.7 Å². The van der Waals surface area contributed by atoms with Crippen LogP contribution in [0.25, 0.3) is 0 Å². The normalized spacial score (nSPS) is 10.9. The van der Waals surface area contributed by atoms with Crippen LogP contribution < -0.4 is 17.2 Å². The van der Waals surface area contributed by atoms with E-state index in [0.717, 1.165) is 43.5 Å². The zero-order chi connectivity index (χ0) is 39.6. The molecule has 2 aromatic heterocycles. The lowest BCUT2D eigenvalue weighted by molar-refractivity contribution is 0.0289. The van der Waals surface area contributed by atoms with Gasteiger partial charge in [-0.25, -0.2) is 29.5 Å². The second kappa shape index (κ2) is 22.0. The highest BCUT2D eigenvalue weighted by atomic mass is 35.5. The summed E-state index contributed by atoms with van der Waals surface area (Å²) in [7, 11) is 3.41. The number of carbonyl (C=O) groups excluding carboxylic acids is 2. The van der Waals surface area contributed by atoms with E-state index in [1.807, 2.05) is 102 Å². The van der Waals surface area contributed by atoms with Crippen LogP contribution in [0, 0.1) is 0 Å². The number of hydrogen-bond acceptors (Lipinski definition) is 13. The van der Waals surface area contributed by atoms with Crippen molar-refractivity contribution >= 4 is 58.7 Å². The Bertz CT molecular complexity index is 1700. The molecule has 0 saturated carbocycles. The molecule has 0 spiro atoms. The van der Waals surface area contributed by atoms with Crippen LogP contribution in [0.15, 0.2) is 92.9 Å². The van der Waals surface area contributed by atoms with Crippen LogP contribution in [0.3, 0.4) is 0 Å². The molecule has 0 aliphatic rings. The molecule has 0 fully saturated rings. The number of aryl methyl sites for hydroxylation is 1. The summed E-state index contributed by atoms with van der Waals surface area (Å²) < 4.78 is 10.4. The highest BCUT2D eigenvalue weighted by Gasteiger charge is 2.20. The van der Waals surface area contributed by atoms with Gasteiger partial charge in [0.1, 0.15) is 27.1 Å². The van der Waals surface area contributed by atoms with Gasteiger partial charge in [0.05, 0.1) is 0 Å². The molecule has 13 nitrogen and oxygen atoms in total. The number of anilines is 2. The van der Waals surface area contributed by atoms with E-state index < -0.39 is 11.2 Å². The summed E-state index contributed by atoms with van der Waals surface area (Å²) >= 11 is 8.77. The van der Waals surface area contributed by atoms with Gasteiger partial charge in [-0.1, -0.05) is 23.5 Å². The van der Waals surface area contributed by atoms with Gasteiger partial charge in [-0.15, -0.1) is 0 Å². The minimum Gasteiger partial charge on any atom is -0.444 e. The number of carbonyl (C=O) groups is 2. The third kappa shape index (κ3) is 19.9. The van der Waals surface area contributed by atoms with E-state index in [0.29, 0.717) is 26.1 Å². The van der Waals surface area contributed by atoms with Crippen LogP contribution in [0.5, 0.6) is 0 Å². The van der Waals surface area contributed by atoms with Crippen LogP contribution in [-0.4, -0.2) is 86.9 Å². The Kier molecular flexibility index (Phi) is 18.6. The van der Waals surface area contributed by atoms with Crippen molar-refractivity contribution in [3.63, 3.8) is 0 Å². The monoisotopic (exact) mass is 785 g/mol.